The first-order valence-corrected chi connectivity index (χ1v) is 14.9. The topological polar surface area (TPSA) is 101 Å². The third kappa shape index (κ3) is 5.54. The minimum atomic E-state index is -1.31. The van der Waals surface area contributed by atoms with Gasteiger partial charge in [-0.3, -0.25) is 9.59 Å². The number of aliphatic imine (C=N–C) groups is 1. The third-order valence-electron chi connectivity index (χ3n) is 7.81. The summed E-state index contributed by atoms with van der Waals surface area (Å²) in [5, 5.41) is 9.03. The molecule has 0 saturated carbocycles. The number of nitrogens with zero attached hydrogens (tertiary/aromatic N) is 3. The molecule has 3 aromatic carbocycles. The van der Waals surface area contributed by atoms with Crippen molar-refractivity contribution in [2.45, 2.75) is 24.5 Å². The van der Waals surface area contributed by atoms with Crippen molar-refractivity contribution in [3.05, 3.63) is 94.0 Å². The number of amides is 2. The number of ether oxygens (including phenoxy) is 3. The number of benzene rings is 3. The minimum Gasteiger partial charge on any atom is -0.494 e. The molecule has 1 fully saturated rings. The molecule has 0 unspecified atom stereocenters. The molecule has 42 heavy (non-hydrogen) atoms. The molecule has 9 nitrogen and oxygen atoms in total. The molecule has 0 radical (unpaired) electrons. The molecule has 3 aromatic rings. The van der Waals surface area contributed by atoms with Gasteiger partial charge in [-0.15, -0.1) is 0 Å². The van der Waals surface area contributed by atoms with Gasteiger partial charge in [0, 0.05) is 48.1 Å². The number of para-hydroxylation sites is 1. The van der Waals surface area contributed by atoms with E-state index in [2.05, 4.69) is 15.9 Å². The number of morpholine rings is 1. The minimum absolute atomic E-state index is 0.0646. The maximum absolute atomic E-state index is 14.7. The van der Waals surface area contributed by atoms with Crippen LogP contribution in [0.3, 0.4) is 0 Å². The van der Waals surface area contributed by atoms with E-state index in [0.717, 1.165) is 21.2 Å². The molecule has 2 amide bonds. The fourth-order valence-electron chi connectivity index (χ4n) is 5.66. The van der Waals surface area contributed by atoms with Crippen LogP contribution in [0.4, 0.5) is 5.69 Å². The number of rotatable bonds is 9. The molecule has 6 rings (SSSR count). The van der Waals surface area contributed by atoms with Crippen LogP contribution in [-0.2, 0) is 25.5 Å². The molecule has 2 atom stereocenters. The van der Waals surface area contributed by atoms with Crippen LogP contribution in [0.5, 0.6) is 5.75 Å². The Morgan fingerprint density at radius 1 is 1.05 bits per heavy atom. The van der Waals surface area contributed by atoms with Crippen LogP contribution in [0.1, 0.15) is 29.2 Å². The number of aliphatic hydroxyl groups is 1. The Kier molecular flexibility index (Phi) is 8.28. The van der Waals surface area contributed by atoms with Gasteiger partial charge in [0.1, 0.15) is 12.3 Å². The van der Waals surface area contributed by atoms with Gasteiger partial charge < -0.3 is 29.1 Å². The number of carbonyl (C=O) groups excluding carboxylic acids is 2. The lowest BCUT2D eigenvalue weighted by Crippen LogP contribution is -2.58. The molecule has 218 valence electrons. The molecule has 3 aliphatic heterocycles. The summed E-state index contributed by atoms with van der Waals surface area (Å²) in [6, 6.07) is 22.8. The quantitative estimate of drug-likeness (QED) is 0.359. The van der Waals surface area contributed by atoms with E-state index >= 15 is 0 Å². The van der Waals surface area contributed by atoms with E-state index in [0.29, 0.717) is 63.1 Å². The Balaban J connectivity index is 1.39. The Morgan fingerprint density at radius 2 is 1.79 bits per heavy atom. The molecule has 0 aliphatic carbocycles. The second-order valence-electron chi connectivity index (χ2n) is 10.5. The lowest BCUT2D eigenvalue weighted by molar-refractivity contribution is -0.136. The standard InChI is InChI=1S/C32H32BrN3O6/c33-24-10-6-22(7-11-24)20-32-29(42-30(34-32)23-8-12-25(13-9-23)41-17-3-16-37)26-4-1-2-5-27(26)36(31(32)39)21-28(38)35-14-18-40-19-15-35/h1-2,4-13,29,37H,3,14-21H2/t29-,32-/m0/s1. The fourth-order valence-corrected chi connectivity index (χ4v) is 5.93. The number of carbonyl (C=O) groups is 2. The van der Waals surface area contributed by atoms with Gasteiger partial charge in [-0.25, -0.2) is 4.99 Å². The summed E-state index contributed by atoms with van der Waals surface area (Å²) in [5.74, 6) is 0.638. The van der Waals surface area contributed by atoms with Crippen LogP contribution in [0.15, 0.2) is 82.3 Å². The second-order valence-corrected chi connectivity index (χ2v) is 11.5. The number of fused-ring (bicyclic) bond motifs is 3. The molecule has 1 saturated heterocycles. The Hall–Kier alpha value is -3.73. The van der Waals surface area contributed by atoms with Crippen LogP contribution in [0, 0.1) is 0 Å². The molecule has 0 aromatic heterocycles. The fraction of sp³-hybridized carbons (Fsp3) is 0.344. The van der Waals surface area contributed by atoms with E-state index in [4.69, 9.17) is 24.3 Å². The molecular formula is C32H32BrN3O6. The van der Waals surface area contributed by atoms with Gasteiger partial charge in [0.15, 0.2) is 11.6 Å². The second kappa shape index (κ2) is 12.2. The largest absolute Gasteiger partial charge is 0.494 e. The number of aliphatic hydroxyl groups excluding tert-OH is 1. The van der Waals surface area contributed by atoms with Gasteiger partial charge >= 0.3 is 0 Å². The first kappa shape index (κ1) is 28.4. The third-order valence-corrected chi connectivity index (χ3v) is 8.33. The average Bonchev–Trinajstić information content (AvgIpc) is 3.42. The van der Waals surface area contributed by atoms with Crippen molar-refractivity contribution < 1.29 is 28.9 Å². The van der Waals surface area contributed by atoms with E-state index in [-0.39, 0.29) is 25.0 Å². The van der Waals surface area contributed by atoms with Crippen molar-refractivity contribution in [1.29, 1.82) is 0 Å². The van der Waals surface area contributed by atoms with Gasteiger partial charge in [0.05, 0.1) is 25.5 Å². The zero-order valence-corrected chi connectivity index (χ0v) is 24.7. The highest BCUT2D eigenvalue weighted by Crippen LogP contribution is 2.50. The molecule has 3 heterocycles. The van der Waals surface area contributed by atoms with Crippen molar-refractivity contribution in [3.8, 4) is 5.75 Å². The van der Waals surface area contributed by atoms with Gasteiger partial charge in [0.25, 0.3) is 5.91 Å². The van der Waals surface area contributed by atoms with Crippen molar-refractivity contribution in [2.24, 2.45) is 4.99 Å². The van der Waals surface area contributed by atoms with Crippen molar-refractivity contribution in [2.75, 3.05) is 51.0 Å². The number of anilines is 1. The Bertz CT molecular complexity index is 1470. The Morgan fingerprint density at radius 3 is 2.52 bits per heavy atom. The van der Waals surface area contributed by atoms with Gasteiger partial charge in [-0.1, -0.05) is 46.3 Å². The summed E-state index contributed by atoms with van der Waals surface area (Å²) in [6.07, 6.45) is 0.172. The number of halogens is 1. The van der Waals surface area contributed by atoms with Crippen molar-refractivity contribution in [3.63, 3.8) is 0 Å². The maximum atomic E-state index is 14.7. The number of hydrogen-bond donors (Lipinski definition) is 1. The van der Waals surface area contributed by atoms with Gasteiger partial charge in [0.2, 0.25) is 11.8 Å². The van der Waals surface area contributed by atoms with Crippen LogP contribution >= 0.6 is 15.9 Å². The van der Waals surface area contributed by atoms with E-state index in [1.165, 1.54) is 0 Å². The lowest BCUT2D eigenvalue weighted by Gasteiger charge is -2.42. The van der Waals surface area contributed by atoms with Gasteiger partial charge in [-0.05, 0) is 48.0 Å². The smallest absolute Gasteiger partial charge is 0.260 e. The molecular weight excluding hydrogens is 602 g/mol. The maximum Gasteiger partial charge on any atom is 0.260 e. The van der Waals surface area contributed by atoms with E-state index < -0.39 is 11.6 Å². The van der Waals surface area contributed by atoms with Crippen LogP contribution in [-0.4, -0.2) is 79.3 Å². The number of hydrogen-bond acceptors (Lipinski definition) is 7. The zero-order valence-electron chi connectivity index (χ0n) is 23.1. The first-order valence-electron chi connectivity index (χ1n) is 14.1. The normalized spacial score (nSPS) is 21.3. The predicted molar refractivity (Wildman–Crippen MR) is 161 cm³/mol. The van der Waals surface area contributed by atoms with Crippen molar-refractivity contribution >= 4 is 39.3 Å². The predicted octanol–water partition coefficient (Wildman–Crippen LogP) is 3.92. The average molecular weight is 635 g/mol. The molecule has 0 spiro atoms. The van der Waals surface area contributed by atoms with E-state index in [9.17, 15) is 9.59 Å². The summed E-state index contributed by atoms with van der Waals surface area (Å²) in [5.41, 5.74) is 1.81. The van der Waals surface area contributed by atoms with E-state index in [1.807, 2.05) is 72.8 Å². The van der Waals surface area contributed by atoms with Crippen LogP contribution in [0.2, 0.25) is 0 Å². The zero-order chi connectivity index (χ0) is 29.1. The van der Waals surface area contributed by atoms with Gasteiger partial charge in [-0.2, -0.15) is 0 Å². The molecule has 3 aliphatic rings. The summed E-state index contributed by atoms with van der Waals surface area (Å²) >= 11 is 3.50. The summed E-state index contributed by atoms with van der Waals surface area (Å²) in [4.78, 5) is 36.4. The van der Waals surface area contributed by atoms with Crippen LogP contribution in [0.25, 0.3) is 0 Å². The summed E-state index contributed by atoms with van der Waals surface area (Å²) in [6.45, 7) is 2.36. The lowest BCUT2D eigenvalue weighted by atomic mass is 9.78. The highest BCUT2D eigenvalue weighted by atomic mass is 79.9. The highest BCUT2D eigenvalue weighted by Gasteiger charge is 2.59. The molecule has 0 bridgehead atoms. The summed E-state index contributed by atoms with van der Waals surface area (Å²) < 4.78 is 18.6. The van der Waals surface area contributed by atoms with Crippen molar-refractivity contribution in [1.82, 2.24) is 4.90 Å². The highest BCUT2D eigenvalue weighted by molar-refractivity contribution is 9.10. The summed E-state index contributed by atoms with van der Waals surface area (Å²) in [7, 11) is 0. The SMILES string of the molecule is O=C(CN1C(=O)[C@@]2(Cc3ccc(Br)cc3)N=C(c3ccc(OCCCO)cc3)O[C@H]2c2ccccc21)N1CCOCC1. The van der Waals surface area contributed by atoms with E-state index in [1.54, 1.807) is 9.80 Å². The molecule has 10 heteroatoms. The monoisotopic (exact) mass is 633 g/mol. The first-order chi connectivity index (χ1) is 20.5. The molecule has 1 N–H and O–H groups in total. The Labute approximate surface area is 252 Å². The van der Waals surface area contributed by atoms with Crippen LogP contribution < -0.4 is 9.64 Å².